The summed E-state index contributed by atoms with van der Waals surface area (Å²) < 4.78 is 13.9. The molecule has 21 heavy (non-hydrogen) atoms. The maximum Gasteiger partial charge on any atom is 0.254 e. The van der Waals surface area contributed by atoms with Crippen molar-refractivity contribution < 1.29 is 14.3 Å². The zero-order valence-corrected chi connectivity index (χ0v) is 12.6. The molecular weight excluding hydrogens is 269 g/mol. The molecule has 0 saturated heterocycles. The number of hydrogen-bond acceptors (Lipinski definition) is 2. The molecule has 2 N–H and O–H groups in total. The zero-order valence-electron chi connectivity index (χ0n) is 12.6. The van der Waals surface area contributed by atoms with Gasteiger partial charge in [0.25, 0.3) is 5.91 Å². The molecule has 1 unspecified atom stereocenters. The normalized spacial score (nSPS) is 11.4. The van der Waals surface area contributed by atoms with Gasteiger partial charge in [-0.25, -0.2) is 4.39 Å². The molecular formula is C17H22FNO2. The van der Waals surface area contributed by atoms with E-state index >= 15 is 0 Å². The molecule has 0 fully saturated rings. The summed E-state index contributed by atoms with van der Waals surface area (Å²) in [5.41, 5.74) is 0.459. The van der Waals surface area contributed by atoms with Crippen molar-refractivity contribution in [3.8, 4) is 11.8 Å². The van der Waals surface area contributed by atoms with Crippen LogP contribution in [0.3, 0.4) is 0 Å². The molecule has 0 radical (unpaired) electrons. The Balaban J connectivity index is 2.66. The number of amides is 1. The molecule has 0 bridgehead atoms. The Morgan fingerprint density at radius 3 is 2.81 bits per heavy atom. The lowest BCUT2D eigenvalue weighted by molar-refractivity contribution is 0.0934. The van der Waals surface area contributed by atoms with Gasteiger partial charge in [0.2, 0.25) is 0 Å². The van der Waals surface area contributed by atoms with Crippen molar-refractivity contribution in [2.45, 2.75) is 45.6 Å². The van der Waals surface area contributed by atoms with E-state index in [2.05, 4.69) is 24.1 Å². The Hall–Kier alpha value is -1.86. The van der Waals surface area contributed by atoms with Crippen molar-refractivity contribution in [3.63, 3.8) is 0 Å². The molecule has 0 aliphatic rings. The average Bonchev–Trinajstić information content (AvgIpc) is 2.45. The number of unbranched alkanes of at least 4 members (excludes halogenated alkanes) is 2. The Morgan fingerprint density at radius 1 is 1.43 bits per heavy atom. The van der Waals surface area contributed by atoms with E-state index in [1.165, 1.54) is 12.1 Å². The summed E-state index contributed by atoms with van der Waals surface area (Å²) in [5.74, 6) is 4.04. The van der Waals surface area contributed by atoms with Crippen LogP contribution in [0.1, 0.15) is 55.5 Å². The van der Waals surface area contributed by atoms with Gasteiger partial charge in [0.05, 0.1) is 5.56 Å². The Bertz CT molecular complexity index is 531. The van der Waals surface area contributed by atoms with Crippen molar-refractivity contribution in [1.82, 2.24) is 5.32 Å². The summed E-state index contributed by atoms with van der Waals surface area (Å²) in [5, 5.41) is 11.4. The second kappa shape index (κ2) is 9.15. The molecule has 1 rings (SSSR count). The van der Waals surface area contributed by atoms with Crippen molar-refractivity contribution in [2.75, 3.05) is 6.61 Å². The maximum atomic E-state index is 13.9. The second-order valence-corrected chi connectivity index (χ2v) is 5.02. The van der Waals surface area contributed by atoms with Crippen LogP contribution in [0.15, 0.2) is 18.2 Å². The summed E-state index contributed by atoms with van der Waals surface area (Å²) >= 11 is 0. The molecule has 1 aromatic rings. The van der Waals surface area contributed by atoms with Gasteiger partial charge in [-0.15, -0.1) is 0 Å². The third-order valence-electron chi connectivity index (χ3n) is 3.14. The molecule has 114 valence electrons. The van der Waals surface area contributed by atoms with E-state index < -0.39 is 11.7 Å². The van der Waals surface area contributed by atoms with E-state index in [1.54, 1.807) is 6.07 Å². The average molecular weight is 291 g/mol. The number of aliphatic hydroxyl groups excluding tert-OH is 1. The maximum absolute atomic E-state index is 13.9. The molecule has 1 atom stereocenters. The quantitative estimate of drug-likeness (QED) is 0.625. The minimum absolute atomic E-state index is 0.0203. The van der Waals surface area contributed by atoms with Crippen LogP contribution in [0.4, 0.5) is 4.39 Å². The summed E-state index contributed by atoms with van der Waals surface area (Å²) in [6, 6.07) is 4.23. The Kier molecular flexibility index (Phi) is 7.49. The summed E-state index contributed by atoms with van der Waals surface area (Å²) in [7, 11) is 0. The molecule has 0 aromatic heterocycles. The van der Waals surface area contributed by atoms with Gasteiger partial charge in [0.1, 0.15) is 12.4 Å². The van der Waals surface area contributed by atoms with Crippen LogP contribution >= 0.6 is 0 Å². The number of aliphatic hydroxyl groups is 1. The van der Waals surface area contributed by atoms with E-state index in [-0.39, 0.29) is 18.2 Å². The highest BCUT2D eigenvalue weighted by atomic mass is 19.1. The van der Waals surface area contributed by atoms with Gasteiger partial charge < -0.3 is 10.4 Å². The molecule has 0 heterocycles. The number of halogens is 1. The van der Waals surface area contributed by atoms with Crippen molar-refractivity contribution in [1.29, 1.82) is 0 Å². The lowest BCUT2D eigenvalue weighted by Gasteiger charge is -2.14. The molecule has 3 nitrogen and oxygen atoms in total. The SMILES string of the molecule is CCCCCC(C)NC(=O)c1ccc(C#CCO)cc1F. The van der Waals surface area contributed by atoms with Crippen LogP contribution in [-0.2, 0) is 0 Å². The molecule has 1 aromatic carbocycles. The Labute approximate surface area is 125 Å². The fraction of sp³-hybridized carbons (Fsp3) is 0.471. The first-order valence-electron chi connectivity index (χ1n) is 7.28. The first-order chi connectivity index (χ1) is 10.1. The summed E-state index contributed by atoms with van der Waals surface area (Å²) in [6.07, 6.45) is 4.20. The monoisotopic (exact) mass is 291 g/mol. The van der Waals surface area contributed by atoms with Crippen LogP contribution < -0.4 is 5.32 Å². The standard InChI is InChI=1S/C17H22FNO2/c1-3-4-5-7-13(2)19-17(21)15-10-9-14(8-6-11-20)12-16(15)18/h9-10,12-13,20H,3-5,7,11H2,1-2H3,(H,19,21). The number of carbonyl (C=O) groups is 1. The van der Waals surface area contributed by atoms with Gasteiger partial charge in [-0.2, -0.15) is 0 Å². The van der Waals surface area contributed by atoms with E-state index in [9.17, 15) is 9.18 Å². The van der Waals surface area contributed by atoms with Crippen molar-refractivity contribution in [2.24, 2.45) is 0 Å². The van der Waals surface area contributed by atoms with Crippen LogP contribution in [0, 0.1) is 17.7 Å². The van der Waals surface area contributed by atoms with Gasteiger partial charge in [-0.05, 0) is 31.5 Å². The second-order valence-electron chi connectivity index (χ2n) is 5.02. The number of benzene rings is 1. The molecule has 1 amide bonds. The number of hydrogen-bond donors (Lipinski definition) is 2. The predicted octanol–water partition coefficient (Wildman–Crippen LogP) is 2.87. The lowest BCUT2D eigenvalue weighted by Crippen LogP contribution is -2.33. The highest BCUT2D eigenvalue weighted by Gasteiger charge is 2.14. The third kappa shape index (κ3) is 5.97. The predicted molar refractivity (Wildman–Crippen MR) is 81.4 cm³/mol. The highest BCUT2D eigenvalue weighted by molar-refractivity contribution is 5.94. The van der Waals surface area contributed by atoms with Gasteiger partial charge in [0, 0.05) is 11.6 Å². The topological polar surface area (TPSA) is 49.3 Å². The molecule has 0 aliphatic carbocycles. The lowest BCUT2D eigenvalue weighted by atomic mass is 10.1. The molecule has 4 heteroatoms. The largest absolute Gasteiger partial charge is 0.384 e. The van der Waals surface area contributed by atoms with E-state index in [0.717, 1.165) is 25.7 Å². The number of rotatable bonds is 6. The van der Waals surface area contributed by atoms with Crippen LogP contribution in [0.5, 0.6) is 0 Å². The van der Waals surface area contributed by atoms with Gasteiger partial charge in [0.15, 0.2) is 0 Å². The molecule has 0 aliphatic heterocycles. The van der Waals surface area contributed by atoms with Crippen molar-refractivity contribution >= 4 is 5.91 Å². The van der Waals surface area contributed by atoms with Crippen molar-refractivity contribution in [3.05, 3.63) is 35.1 Å². The fourth-order valence-corrected chi connectivity index (χ4v) is 1.99. The minimum atomic E-state index is -0.599. The molecule has 0 spiro atoms. The Morgan fingerprint density at radius 2 is 2.19 bits per heavy atom. The van der Waals surface area contributed by atoms with Gasteiger partial charge >= 0.3 is 0 Å². The van der Waals surface area contributed by atoms with Gasteiger partial charge in [-0.3, -0.25) is 4.79 Å². The minimum Gasteiger partial charge on any atom is -0.384 e. The first kappa shape index (κ1) is 17.2. The summed E-state index contributed by atoms with van der Waals surface area (Å²) in [4.78, 5) is 12.0. The van der Waals surface area contributed by atoms with Crippen LogP contribution in [0.25, 0.3) is 0 Å². The van der Waals surface area contributed by atoms with E-state index in [4.69, 9.17) is 5.11 Å². The molecule has 0 saturated carbocycles. The summed E-state index contributed by atoms with van der Waals surface area (Å²) in [6.45, 7) is 3.77. The van der Waals surface area contributed by atoms with Crippen LogP contribution in [-0.4, -0.2) is 23.7 Å². The van der Waals surface area contributed by atoms with E-state index in [0.29, 0.717) is 5.56 Å². The number of carbonyl (C=O) groups excluding carboxylic acids is 1. The van der Waals surface area contributed by atoms with Crippen LogP contribution in [0.2, 0.25) is 0 Å². The van der Waals surface area contributed by atoms with Gasteiger partial charge in [-0.1, -0.05) is 38.0 Å². The first-order valence-corrected chi connectivity index (χ1v) is 7.28. The third-order valence-corrected chi connectivity index (χ3v) is 3.14. The smallest absolute Gasteiger partial charge is 0.254 e. The van der Waals surface area contributed by atoms with E-state index in [1.807, 2.05) is 6.92 Å². The zero-order chi connectivity index (χ0) is 15.7. The highest BCUT2D eigenvalue weighted by Crippen LogP contribution is 2.11. The fourth-order valence-electron chi connectivity index (χ4n) is 1.99. The number of nitrogens with one attached hydrogen (secondary N) is 1.